The molecule has 4 aromatic rings. The molecule has 3 aromatic carbocycles. The number of hydrogen-bond acceptors (Lipinski definition) is 6. The second-order valence-electron chi connectivity index (χ2n) is 9.17. The van der Waals surface area contributed by atoms with Crippen molar-refractivity contribution in [3.63, 3.8) is 0 Å². The molecule has 36 heavy (non-hydrogen) atoms. The highest BCUT2D eigenvalue weighted by Gasteiger charge is 2.51. The lowest BCUT2D eigenvalue weighted by Gasteiger charge is -2.46. The van der Waals surface area contributed by atoms with Crippen LogP contribution in [-0.2, 0) is 11.3 Å². The Hall–Kier alpha value is -3.34. The zero-order valence-electron chi connectivity index (χ0n) is 19.3. The number of carbonyl (C=O) groups is 1. The molecule has 8 nitrogen and oxygen atoms in total. The first-order valence-corrected chi connectivity index (χ1v) is 11.7. The Bertz CT molecular complexity index is 1400. The minimum atomic E-state index is -1.92. The number of amides is 1. The lowest BCUT2D eigenvalue weighted by Crippen LogP contribution is -2.70. The highest BCUT2D eigenvalue weighted by molar-refractivity contribution is 6.07. The number of rotatable bonds is 6. The molecule has 1 amide bonds. The smallest absolute Gasteiger partial charge is 0.254 e. The molecule has 2 heterocycles. The van der Waals surface area contributed by atoms with Gasteiger partial charge in [-0.1, -0.05) is 42.5 Å². The van der Waals surface area contributed by atoms with Crippen LogP contribution >= 0.6 is 0 Å². The van der Waals surface area contributed by atoms with Crippen molar-refractivity contribution in [2.45, 2.75) is 37.0 Å². The van der Waals surface area contributed by atoms with Crippen LogP contribution in [0.25, 0.3) is 21.7 Å². The maximum Gasteiger partial charge on any atom is 0.254 e. The maximum absolute atomic E-state index is 14.2. The van der Waals surface area contributed by atoms with Crippen LogP contribution in [-0.4, -0.2) is 68.2 Å². The maximum atomic E-state index is 14.2. The summed E-state index contributed by atoms with van der Waals surface area (Å²) in [5, 5.41) is 45.5. The Morgan fingerprint density at radius 3 is 2.61 bits per heavy atom. The molecule has 0 spiro atoms. The molecule has 5 rings (SSSR count). The van der Waals surface area contributed by atoms with E-state index in [0.29, 0.717) is 17.4 Å². The van der Waals surface area contributed by atoms with Gasteiger partial charge >= 0.3 is 0 Å². The number of fused-ring (bicyclic) bond motifs is 2. The van der Waals surface area contributed by atoms with Crippen LogP contribution in [0.1, 0.15) is 22.3 Å². The number of aromatic nitrogens is 1. The minimum Gasteiger partial charge on any atom is -0.394 e. The summed E-state index contributed by atoms with van der Waals surface area (Å²) in [7, 11) is 0. The molecule has 4 atom stereocenters. The molecule has 1 aliphatic rings. The molecule has 1 saturated heterocycles. The quantitative estimate of drug-likeness (QED) is 0.279. The van der Waals surface area contributed by atoms with Crippen molar-refractivity contribution in [1.82, 2.24) is 9.88 Å². The van der Waals surface area contributed by atoms with Crippen molar-refractivity contribution < 1.29 is 34.3 Å². The summed E-state index contributed by atoms with van der Waals surface area (Å²) >= 11 is 0. The van der Waals surface area contributed by atoms with Gasteiger partial charge in [-0.25, -0.2) is 4.39 Å². The Kier molecular flexibility index (Phi) is 6.50. The lowest BCUT2D eigenvalue weighted by atomic mass is 9.85. The predicted molar refractivity (Wildman–Crippen MR) is 131 cm³/mol. The molecule has 0 saturated carbocycles. The van der Waals surface area contributed by atoms with Gasteiger partial charge in [0.05, 0.1) is 31.0 Å². The summed E-state index contributed by atoms with van der Waals surface area (Å²) in [6, 6.07) is 18.0. The third kappa shape index (κ3) is 4.15. The average molecular weight is 495 g/mol. The van der Waals surface area contributed by atoms with E-state index < -0.39 is 49.0 Å². The summed E-state index contributed by atoms with van der Waals surface area (Å²) in [6.07, 6.45) is -2.53. The van der Waals surface area contributed by atoms with Crippen molar-refractivity contribution >= 4 is 27.6 Å². The predicted octanol–water partition coefficient (Wildman–Crippen LogP) is 1.90. The van der Waals surface area contributed by atoms with E-state index in [4.69, 9.17) is 4.74 Å². The molecule has 0 aliphatic carbocycles. The fourth-order valence-electron chi connectivity index (χ4n) is 4.94. The fourth-order valence-corrected chi connectivity index (χ4v) is 4.94. The normalized spacial score (nSPS) is 24.3. The van der Waals surface area contributed by atoms with Gasteiger partial charge in [0.15, 0.2) is 6.29 Å². The van der Waals surface area contributed by atoms with Gasteiger partial charge in [-0.05, 0) is 34.5 Å². The van der Waals surface area contributed by atoms with Crippen LogP contribution in [0.15, 0.2) is 66.9 Å². The Labute approximate surface area is 206 Å². The first-order valence-electron chi connectivity index (χ1n) is 11.7. The van der Waals surface area contributed by atoms with Gasteiger partial charge in [0.1, 0.15) is 11.4 Å². The zero-order chi connectivity index (χ0) is 25.4. The van der Waals surface area contributed by atoms with Gasteiger partial charge in [0, 0.05) is 30.1 Å². The number of hydrogen-bond donors (Lipinski definition) is 5. The van der Waals surface area contributed by atoms with E-state index in [1.807, 2.05) is 47.0 Å². The highest BCUT2D eigenvalue weighted by Crippen LogP contribution is 2.31. The largest absolute Gasteiger partial charge is 0.394 e. The molecule has 0 radical (unpaired) electrons. The van der Waals surface area contributed by atoms with Crippen molar-refractivity contribution in [2.75, 3.05) is 13.2 Å². The van der Waals surface area contributed by atoms with Gasteiger partial charge in [-0.2, -0.15) is 0 Å². The van der Waals surface area contributed by atoms with Crippen LogP contribution in [0.5, 0.6) is 0 Å². The monoisotopic (exact) mass is 494 g/mol. The molecule has 1 aliphatic heterocycles. The van der Waals surface area contributed by atoms with E-state index in [0.717, 1.165) is 16.3 Å². The van der Waals surface area contributed by atoms with Crippen molar-refractivity contribution in [1.29, 1.82) is 0 Å². The van der Waals surface area contributed by atoms with Gasteiger partial charge < -0.3 is 35.0 Å². The number of nitrogens with zero attached hydrogens (tertiary/aromatic N) is 1. The summed E-state index contributed by atoms with van der Waals surface area (Å²) < 4.78 is 21.3. The number of aliphatic hydroxyl groups excluding tert-OH is 4. The van der Waals surface area contributed by atoms with Crippen molar-refractivity contribution in [3.05, 3.63) is 83.8 Å². The molecule has 1 unspecified atom stereocenters. The Balaban J connectivity index is 1.53. The number of nitrogens with one attached hydrogen (secondary N) is 1. The number of aliphatic hydroxyl groups is 4. The third-order valence-corrected chi connectivity index (χ3v) is 6.96. The van der Waals surface area contributed by atoms with Crippen LogP contribution in [0, 0.1) is 5.82 Å². The molecule has 0 bridgehead atoms. The van der Waals surface area contributed by atoms with Gasteiger partial charge in [0.2, 0.25) is 0 Å². The van der Waals surface area contributed by atoms with Crippen LogP contribution < -0.4 is 5.32 Å². The Morgan fingerprint density at radius 2 is 1.86 bits per heavy atom. The summed E-state index contributed by atoms with van der Waals surface area (Å²) in [4.78, 5) is 13.4. The zero-order valence-corrected chi connectivity index (χ0v) is 19.3. The number of carbonyl (C=O) groups excluding carboxylic acids is 1. The van der Waals surface area contributed by atoms with E-state index in [1.165, 1.54) is 12.1 Å². The van der Waals surface area contributed by atoms with Crippen molar-refractivity contribution in [2.24, 2.45) is 0 Å². The Morgan fingerprint density at radius 1 is 1.08 bits per heavy atom. The van der Waals surface area contributed by atoms with Crippen LogP contribution in [0.2, 0.25) is 0 Å². The second-order valence-corrected chi connectivity index (χ2v) is 9.17. The van der Waals surface area contributed by atoms with Crippen molar-refractivity contribution in [3.8, 4) is 0 Å². The molecule has 1 aromatic heterocycles. The highest BCUT2D eigenvalue weighted by atomic mass is 19.1. The summed E-state index contributed by atoms with van der Waals surface area (Å²) in [6.45, 7) is -0.846. The molecule has 188 valence electrons. The van der Waals surface area contributed by atoms with Crippen LogP contribution in [0.4, 0.5) is 4.39 Å². The van der Waals surface area contributed by atoms with E-state index in [1.54, 1.807) is 12.3 Å². The summed E-state index contributed by atoms with van der Waals surface area (Å²) in [5.74, 6) is -1.25. The van der Waals surface area contributed by atoms with E-state index in [9.17, 15) is 29.6 Å². The summed E-state index contributed by atoms with van der Waals surface area (Å²) in [5.41, 5.74) is -0.176. The topological polar surface area (TPSA) is 124 Å². The number of benzene rings is 3. The third-order valence-electron chi connectivity index (χ3n) is 6.96. The number of ether oxygens (including phenoxy) is 1. The standard InChI is InChI=1S/C27H27FN2O6/c28-18-8-9-23-21(10-18)22(13-30(23)12-17-6-3-5-16-4-1-2-7-20(16)17)25(34)29-27(15-32)24(33)11-19(14-31)36-26(27)35/h1-10,13,19,24,26,31-33,35H,11-12,14-15H2,(H,29,34)/t19-,24-,26?,27+/m0/s1. The molecule has 9 heteroatoms. The van der Waals surface area contributed by atoms with E-state index >= 15 is 0 Å². The molecular formula is C27H27FN2O6. The van der Waals surface area contributed by atoms with E-state index in [-0.39, 0.29) is 12.0 Å². The van der Waals surface area contributed by atoms with Gasteiger partial charge in [-0.3, -0.25) is 4.79 Å². The SMILES string of the molecule is O=C(N[C@@]1(CO)C(O)O[C@H](CO)C[C@@H]1O)c1cn(Cc2cccc3ccccc23)c2ccc(F)cc12. The first kappa shape index (κ1) is 24.4. The molecular weight excluding hydrogens is 467 g/mol. The van der Waals surface area contributed by atoms with Gasteiger partial charge in [0.25, 0.3) is 5.91 Å². The fraction of sp³-hybridized carbons (Fsp3) is 0.296. The first-order chi connectivity index (χ1) is 17.4. The lowest BCUT2D eigenvalue weighted by molar-refractivity contribution is -0.253. The number of halogens is 1. The minimum absolute atomic E-state index is 0.105. The van der Waals surface area contributed by atoms with Crippen LogP contribution in [0.3, 0.4) is 0 Å². The molecule has 1 fully saturated rings. The van der Waals surface area contributed by atoms with Gasteiger partial charge in [-0.15, -0.1) is 0 Å². The molecule has 5 N–H and O–H groups in total. The second kappa shape index (κ2) is 9.61. The van der Waals surface area contributed by atoms with E-state index in [2.05, 4.69) is 5.32 Å². The average Bonchev–Trinajstić information content (AvgIpc) is 3.23.